The highest BCUT2D eigenvalue weighted by atomic mass is 35.5. The Bertz CT molecular complexity index is 1770. The lowest BCUT2D eigenvalue weighted by Gasteiger charge is -2.24. The molecule has 14 heteroatoms. The van der Waals surface area contributed by atoms with Crippen LogP contribution in [0, 0.1) is 5.82 Å². The van der Waals surface area contributed by atoms with E-state index in [1.165, 1.54) is 16.7 Å². The number of alkyl carbamates (subject to hydrolysis) is 1. The molecular formula is C31H37ClFN5O7. The van der Waals surface area contributed by atoms with Gasteiger partial charge in [-0.3, -0.25) is 9.36 Å². The normalized spacial score (nSPS) is 18.6. The number of nitrogens with one attached hydrogen (secondary N) is 2. The van der Waals surface area contributed by atoms with E-state index in [9.17, 15) is 24.3 Å². The van der Waals surface area contributed by atoms with Gasteiger partial charge in [-0.1, -0.05) is 23.7 Å². The fourth-order valence-corrected chi connectivity index (χ4v) is 5.91. The average Bonchev–Trinajstić information content (AvgIpc) is 3.66. The van der Waals surface area contributed by atoms with Gasteiger partial charge >= 0.3 is 17.9 Å². The Kier molecular flexibility index (Phi) is 8.28. The highest BCUT2D eigenvalue weighted by Gasteiger charge is 2.39. The number of phenolic OH excluding ortho intramolecular Hbond substituents is 1. The van der Waals surface area contributed by atoms with Crippen molar-refractivity contribution >= 4 is 40.4 Å². The number of carbonyl (C=O) groups is 2. The van der Waals surface area contributed by atoms with Crippen LogP contribution in [0.5, 0.6) is 5.75 Å². The second kappa shape index (κ2) is 11.6. The molecule has 1 saturated carbocycles. The third-order valence-corrected chi connectivity index (χ3v) is 7.77. The molecule has 2 aliphatic rings. The first kappa shape index (κ1) is 32.1. The molecule has 45 heavy (non-hydrogen) atoms. The molecule has 0 unspecified atom stereocenters. The number of hydrogen-bond acceptors (Lipinski definition) is 8. The monoisotopic (exact) mass is 645 g/mol. The molecule has 2 heterocycles. The molecular weight excluding hydrogens is 609 g/mol. The van der Waals surface area contributed by atoms with Gasteiger partial charge < -0.3 is 24.8 Å². The molecule has 2 aromatic carbocycles. The van der Waals surface area contributed by atoms with E-state index in [4.69, 9.17) is 21.1 Å². The van der Waals surface area contributed by atoms with Crippen molar-refractivity contribution < 1.29 is 28.6 Å². The zero-order chi connectivity index (χ0) is 33.0. The number of nitrogens with zero attached hydrogens (tertiary/aromatic N) is 3. The van der Waals surface area contributed by atoms with Crippen LogP contribution in [-0.4, -0.2) is 56.9 Å². The average molecular weight is 646 g/mol. The smallest absolute Gasteiger partial charge is 0.427 e. The highest BCUT2D eigenvalue weighted by molar-refractivity contribution is 6.38. The van der Waals surface area contributed by atoms with Crippen LogP contribution in [0.1, 0.15) is 71.9 Å². The van der Waals surface area contributed by atoms with Crippen molar-refractivity contribution in [3.63, 3.8) is 0 Å². The minimum absolute atomic E-state index is 0.0347. The lowest BCUT2D eigenvalue weighted by atomic mass is 9.94. The van der Waals surface area contributed by atoms with Gasteiger partial charge in [0.15, 0.2) is 0 Å². The Morgan fingerprint density at radius 2 is 1.58 bits per heavy atom. The number of aromatic nitrogens is 2. The molecule has 2 amide bonds. The van der Waals surface area contributed by atoms with E-state index in [0.29, 0.717) is 17.5 Å². The van der Waals surface area contributed by atoms with Crippen LogP contribution in [0.4, 0.5) is 19.7 Å². The van der Waals surface area contributed by atoms with Crippen LogP contribution in [0.2, 0.25) is 5.02 Å². The van der Waals surface area contributed by atoms with Crippen molar-refractivity contribution in [1.82, 2.24) is 14.6 Å². The zero-order valence-electron chi connectivity index (χ0n) is 25.9. The van der Waals surface area contributed by atoms with E-state index in [1.54, 1.807) is 58.6 Å². The molecule has 3 aromatic rings. The number of hydrogen-bond donors (Lipinski definition) is 3. The van der Waals surface area contributed by atoms with Gasteiger partial charge in [-0.05, 0) is 78.1 Å². The van der Waals surface area contributed by atoms with Gasteiger partial charge in [0.1, 0.15) is 22.8 Å². The second-order valence-electron chi connectivity index (χ2n) is 13.4. The van der Waals surface area contributed by atoms with E-state index in [1.807, 2.05) is 0 Å². The topological polar surface area (TPSA) is 144 Å². The van der Waals surface area contributed by atoms with Crippen LogP contribution < -0.4 is 26.9 Å². The molecule has 1 saturated heterocycles. The van der Waals surface area contributed by atoms with Crippen molar-refractivity contribution in [2.24, 2.45) is 0 Å². The van der Waals surface area contributed by atoms with E-state index in [-0.39, 0.29) is 52.4 Å². The van der Waals surface area contributed by atoms with E-state index in [2.05, 4.69) is 10.7 Å². The van der Waals surface area contributed by atoms with Gasteiger partial charge in [0.05, 0.1) is 27.7 Å². The summed E-state index contributed by atoms with van der Waals surface area (Å²) in [6.07, 6.45) is -0.426. The van der Waals surface area contributed by atoms with E-state index < -0.39 is 46.5 Å². The number of ether oxygens (including phenoxy) is 2. The van der Waals surface area contributed by atoms with Gasteiger partial charge in [0.2, 0.25) is 0 Å². The van der Waals surface area contributed by atoms with Crippen molar-refractivity contribution in [3.05, 3.63) is 67.6 Å². The maximum Gasteiger partial charge on any atom is 0.427 e. The fraction of sp³-hybridized carbons (Fsp3) is 0.484. The van der Waals surface area contributed by atoms with Crippen molar-refractivity contribution in [3.8, 4) is 5.75 Å². The lowest BCUT2D eigenvalue weighted by molar-refractivity contribution is 0.0503. The molecule has 2 fully saturated rings. The molecule has 1 aliphatic heterocycles. The van der Waals surface area contributed by atoms with Gasteiger partial charge in [-0.15, -0.1) is 0 Å². The third kappa shape index (κ3) is 6.87. The number of anilines is 1. The molecule has 0 bridgehead atoms. The third-order valence-electron chi connectivity index (χ3n) is 7.41. The molecule has 2 atom stereocenters. The summed E-state index contributed by atoms with van der Waals surface area (Å²) >= 11 is 6.90. The maximum atomic E-state index is 16.1. The van der Waals surface area contributed by atoms with Crippen LogP contribution in [-0.2, 0) is 9.47 Å². The van der Waals surface area contributed by atoms with Gasteiger partial charge in [0.25, 0.3) is 5.56 Å². The number of carbonyl (C=O) groups excluding carboxylic acids is 2. The van der Waals surface area contributed by atoms with E-state index >= 15 is 4.39 Å². The molecule has 1 aromatic heterocycles. The Hall–Kier alpha value is -4.26. The number of phenols is 1. The molecule has 242 valence electrons. The summed E-state index contributed by atoms with van der Waals surface area (Å²) in [5.74, 6) is -1.11. The Morgan fingerprint density at radius 1 is 0.978 bits per heavy atom. The van der Waals surface area contributed by atoms with E-state index in [0.717, 1.165) is 11.6 Å². The zero-order valence-corrected chi connectivity index (χ0v) is 26.7. The number of benzene rings is 2. The summed E-state index contributed by atoms with van der Waals surface area (Å²) in [7, 11) is 0. The predicted molar refractivity (Wildman–Crippen MR) is 168 cm³/mol. The number of aromatic hydroxyl groups is 1. The number of amides is 2. The number of rotatable bonds is 5. The minimum atomic E-state index is -1.02. The first-order chi connectivity index (χ1) is 20.9. The molecule has 0 radical (unpaired) electrons. The summed E-state index contributed by atoms with van der Waals surface area (Å²) in [4.78, 5) is 54.0. The molecule has 1 aliphatic carbocycles. The Balaban J connectivity index is 1.58. The van der Waals surface area contributed by atoms with Crippen molar-refractivity contribution in [1.29, 1.82) is 0 Å². The molecule has 5 rings (SSSR count). The summed E-state index contributed by atoms with van der Waals surface area (Å²) in [5, 5.41) is 12.4. The maximum absolute atomic E-state index is 16.1. The predicted octanol–water partition coefficient (Wildman–Crippen LogP) is 4.97. The number of fused-ring (bicyclic) bond motifs is 1. The molecule has 12 nitrogen and oxygen atoms in total. The summed E-state index contributed by atoms with van der Waals surface area (Å²) in [6.45, 7) is 10.5. The Morgan fingerprint density at radius 3 is 2.16 bits per heavy atom. The van der Waals surface area contributed by atoms with Gasteiger partial charge in [-0.25, -0.2) is 24.2 Å². The SMILES string of the molecule is CC(C)(C)OC(=O)N[C@@H]1CN(c2c(F)cc3c(=O)n(NC(=O)OC(C)(C)C)c(=O)n(C4CC4)c3c2Cl)C[C@H]1c1ccc(O)cc1. The number of halogens is 2. The van der Waals surface area contributed by atoms with Crippen LogP contribution in [0.15, 0.2) is 39.9 Å². The largest absolute Gasteiger partial charge is 0.508 e. The first-order valence-electron chi connectivity index (χ1n) is 14.7. The van der Waals surface area contributed by atoms with Crippen LogP contribution in [0.3, 0.4) is 0 Å². The Labute approximate surface area is 263 Å². The summed E-state index contributed by atoms with van der Waals surface area (Å²) < 4.78 is 28.6. The van der Waals surface area contributed by atoms with Crippen LogP contribution in [0.25, 0.3) is 10.9 Å². The summed E-state index contributed by atoms with van der Waals surface area (Å²) in [5.41, 5.74) is -0.456. The minimum Gasteiger partial charge on any atom is -0.508 e. The quantitative estimate of drug-likeness (QED) is 0.353. The first-order valence-corrected chi connectivity index (χ1v) is 15.0. The second-order valence-corrected chi connectivity index (χ2v) is 13.8. The van der Waals surface area contributed by atoms with Crippen LogP contribution >= 0.6 is 11.6 Å². The summed E-state index contributed by atoms with van der Waals surface area (Å²) in [6, 6.07) is 6.63. The van der Waals surface area contributed by atoms with Gasteiger partial charge in [-0.2, -0.15) is 4.68 Å². The molecule has 0 spiro atoms. The lowest BCUT2D eigenvalue weighted by Crippen LogP contribution is -2.48. The fourth-order valence-electron chi connectivity index (χ4n) is 5.51. The standard InChI is InChI=1S/C31H37ClFN5O7/c1-30(2,3)44-27(41)34-22-15-36(14-20(22)16-7-11-18(39)12-8-16)25-21(33)13-19-24(23(25)32)37(17-9-10-17)29(43)38(26(19)40)35-28(42)45-31(4,5)6/h7-8,11-13,17,20,22,39H,9-10,14-15H2,1-6H3,(H,34,41)(H,35,42)/t20-,22+/m0/s1. The molecule has 3 N–H and O–H groups in total. The highest BCUT2D eigenvalue weighted by Crippen LogP contribution is 2.43. The van der Waals surface area contributed by atoms with Gasteiger partial charge in [0, 0.05) is 25.0 Å². The van der Waals surface area contributed by atoms with Crippen molar-refractivity contribution in [2.45, 2.75) is 83.6 Å². The van der Waals surface area contributed by atoms with Crippen molar-refractivity contribution in [2.75, 3.05) is 23.4 Å².